The molecule has 1 unspecified atom stereocenters. The molecule has 5 rings (SSSR count). The van der Waals surface area contributed by atoms with Crippen LogP contribution in [0.2, 0.25) is 0 Å². The van der Waals surface area contributed by atoms with Gasteiger partial charge in [-0.05, 0) is 44.9 Å². The number of ether oxygens (including phenoxy) is 3. The molecular weight excluding hydrogens is 442 g/mol. The van der Waals surface area contributed by atoms with Gasteiger partial charge in [-0.15, -0.1) is 0 Å². The summed E-state index contributed by atoms with van der Waals surface area (Å²) < 4.78 is 17.1. The number of carbonyl (C=O) groups excluding carboxylic acids is 1. The number of urea groups is 1. The van der Waals surface area contributed by atoms with Gasteiger partial charge in [-0.25, -0.2) is 19.6 Å². The average Bonchev–Trinajstić information content (AvgIpc) is 3.16. The molecule has 2 fully saturated rings. The third kappa shape index (κ3) is 4.48. The summed E-state index contributed by atoms with van der Waals surface area (Å²) in [6, 6.07) is 6.00. The van der Waals surface area contributed by atoms with Crippen molar-refractivity contribution in [2.75, 3.05) is 41.4 Å². The Hall–Kier alpha value is -3.44. The Kier molecular flexibility index (Phi) is 5.74. The van der Waals surface area contributed by atoms with Gasteiger partial charge in [0.1, 0.15) is 24.3 Å². The highest BCUT2D eigenvalue weighted by atomic mass is 16.7. The second-order valence-corrected chi connectivity index (χ2v) is 9.03. The molecule has 2 amide bonds. The molecule has 2 saturated heterocycles. The van der Waals surface area contributed by atoms with Crippen LogP contribution >= 0.6 is 0 Å². The van der Waals surface area contributed by atoms with Crippen molar-refractivity contribution in [3.8, 4) is 5.75 Å². The SMILES string of the molecule is CC1(C)OC[C@H](COc2ccnc(NC(=O)N3c4nc(C(=O)O)ccc4N4CCCC3C4)c2)O1. The standard InChI is InChI=1S/C23H27N5O6/c1-23(2)33-13-16(34-23)12-32-15-7-8-24-19(10-15)26-22(31)28-14-4-3-9-27(11-14)18-6-5-17(21(29)30)25-20(18)28/h5-8,10,14,16H,3-4,9,11-13H2,1-2H3,(H,29,30)(H,24,26,31)/t14?,16-/m0/s1. The Morgan fingerprint density at radius 2 is 2.18 bits per heavy atom. The maximum atomic E-state index is 13.4. The molecule has 3 aliphatic rings. The Bertz CT molecular complexity index is 1110. The molecule has 0 spiro atoms. The number of nitrogens with one attached hydrogen (secondary N) is 1. The molecule has 34 heavy (non-hydrogen) atoms. The number of carboxylic acid groups (broad SMARTS) is 1. The number of amides is 2. The van der Waals surface area contributed by atoms with Crippen molar-refractivity contribution < 1.29 is 28.9 Å². The number of hydrogen-bond acceptors (Lipinski definition) is 8. The van der Waals surface area contributed by atoms with Crippen LogP contribution in [0, 0.1) is 0 Å². The van der Waals surface area contributed by atoms with E-state index in [4.69, 9.17) is 14.2 Å². The highest BCUT2D eigenvalue weighted by molar-refractivity contribution is 6.04. The Balaban J connectivity index is 1.32. The molecule has 11 nitrogen and oxygen atoms in total. The van der Waals surface area contributed by atoms with Crippen molar-refractivity contribution in [3.63, 3.8) is 0 Å². The van der Waals surface area contributed by atoms with Crippen LogP contribution in [-0.2, 0) is 9.47 Å². The van der Waals surface area contributed by atoms with Crippen LogP contribution in [0.25, 0.3) is 0 Å². The first kappa shape index (κ1) is 22.4. The molecule has 2 aromatic rings. The lowest BCUT2D eigenvalue weighted by Gasteiger charge is -2.45. The minimum atomic E-state index is -1.14. The van der Waals surface area contributed by atoms with Gasteiger partial charge in [0, 0.05) is 25.4 Å². The highest BCUT2D eigenvalue weighted by Crippen LogP contribution is 2.38. The van der Waals surface area contributed by atoms with Crippen molar-refractivity contribution >= 4 is 29.3 Å². The number of carbonyl (C=O) groups is 2. The molecule has 0 saturated carbocycles. The van der Waals surface area contributed by atoms with Gasteiger partial charge in [0.05, 0.1) is 18.3 Å². The first-order valence-corrected chi connectivity index (χ1v) is 11.3. The molecule has 2 bridgehead atoms. The van der Waals surface area contributed by atoms with Gasteiger partial charge in [0.2, 0.25) is 0 Å². The summed E-state index contributed by atoms with van der Waals surface area (Å²) in [5.74, 6) is -0.560. The summed E-state index contributed by atoms with van der Waals surface area (Å²) in [6.07, 6.45) is 3.10. The summed E-state index contributed by atoms with van der Waals surface area (Å²) in [5.41, 5.74) is 0.649. The maximum absolute atomic E-state index is 13.4. The lowest BCUT2D eigenvalue weighted by Crippen LogP contribution is -2.56. The largest absolute Gasteiger partial charge is 0.491 e. The third-order valence-corrected chi connectivity index (χ3v) is 6.09. The Morgan fingerprint density at radius 3 is 2.94 bits per heavy atom. The monoisotopic (exact) mass is 469 g/mol. The molecular formula is C23H27N5O6. The number of piperidine rings is 1. The smallest absolute Gasteiger partial charge is 0.354 e. The van der Waals surface area contributed by atoms with Crippen LogP contribution in [0.15, 0.2) is 30.5 Å². The topological polar surface area (TPSA) is 126 Å². The highest BCUT2D eigenvalue weighted by Gasteiger charge is 2.39. The van der Waals surface area contributed by atoms with E-state index < -0.39 is 17.8 Å². The van der Waals surface area contributed by atoms with Crippen LogP contribution in [0.3, 0.4) is 0 Å². The molecule has 0 aromatic carbocycles. The molecule has 11 heteroatoms. The number of aromatic nitrogens is 2. The van der Waals surface area contributed by atoms with Crippen molar-refractivity contribution in [3.05, 3.63) is 36.2 Å². The summed E-state index contributed by atoms with van der Waals surface area (Å²) in [7, 11) is 0. The van der Waals surface area contributed by atoms with Crippen LogP contribution < -0.4 is 19.9 Å². The number of pyridine rings is 2. The van der Waals surface area contributed by atoms with Gasteiger partial charge in [-0.2, -0.15) is 0 Å². The minimum absolute atomic E-state index is 0.104. The quantitative estimate of drug-likeness (QED) is 0.680. The first-order valence-electron chi connectivity index (χ1n) is 11.3. The number of rotatable bonds is 5. The maximum Gasteiger partial charge on any atom is 0.354 e. The average molecular weight is 469 g/mol. The lowest BCUT2D eigenvalue weighted by atomic mass is 10.00. The van der Waals surface area contributed by atoms with Gasteiger partial charge in [0.15, 0.2) is 17.3 Å². The molecule has 3 aliphatic heterocycles. The van der Waals surface area contributed by atoms with Crippen molar-refractivity contribution in [2.24, 2.45) is 0 Å². The van der Waals surface area contributed by atoms with Crippen LogP contribution in [0.5, 0.6) is 5.75 Å². The fourth-order valence-electron chi connectivity index (χ4n) is 4.58. The van der Waals surface area contributed by atoms with E-state index in [0.717, 1.165) is 25.1 Å². The van der Waals surface area contributed by atoms with Gasteiger partial charge in [-0.1, -0.05) is 0 Å². The van der Waals surface area contributed by atoms with E-state index >= 15 is 0 Å². The number of carboxylic acids is 1. The molecule has 5 heterocycles. The molecule has 2 N–H and O–H groups in total. The molecule has 2 aromatic heterocycles. The van der Waals surface area contributed by atoms with Gasteiger partial charge in [0.25, 0.3) is 0 Å². The van der Waals surface area contributed by atoms with Crippen molar-refractivity contribution in [1.82, 2.24) is 9.97 Å². The summed E-state index contributed by atoms with van der Waals surface area (Å²) in [5, 5.41) is 12.2. The minimum Gasteiger partial charge on any atom is -0.491 e. The molecule has 180 valence electrons. The Morgan fingerprint density at radius 1 is 1.32 bits per heavy atom. The van der Waals surface area contributed by atoms with Crippen molar-refractivity contribution in [1.29, 1.82) is 0 Å². The van der Waals surface area contributed by atoms with E-state index in [0.29, 0.717) is 37.1 Å². The van der Waals surface area contributed by atoms with E-state index in [1.54, 1.807) is 29.3 Å². The van der Waals surface area contributed by atoms with Crippen LogP contribution in [0.4, 0.5) is 22.1 Å². The number of aromatic carboxylic acids is 1. The first-order chi connectivity index (χ1) is 16.3. The van der Waals surface area contributed by atoms with E-state index in [1.807, 2.05) is 13.8 Å². The fraction of sp³-hybridized carbons (Fsp3) is 0.478. The van der Waals surface area contributed by atoms with E-state index in [-0.39, 0.29) is 17.8 Å². The van der Waals surface area contributed by atoms with Gasteiger partial charge in [-0.3, -0.25) is 10.2 Å². The second-order valence-electron chi connectivity index (χ2n) is 9.03. The van der Waals surface area contributed by atoms with E-state index in [9.17, 15) is 14.7 Å². The van der Waals surface area contributed by atoms with Gasteiger partial charge < -0.3 is 24.2 Å². The number of nitrogens with zero attached hydrogens (tertiary/aromatic N) is 4. The van der Waals surface area contributed by atoms with Crippen molar-refractivity contribution in [2.45, 2.75) is 44.6 Å². The normalized spacial score (nSPS) is 22.8. The second kappa shape index (κ2) is 8.73. The zero-order valence-electron chi connectivity index (χ0n) is 19.1. The summed E-state index contributed by atoms with van der Waals surface area (Å²) in [4.78, 5) is 37.1. The fourth-order valence-corrected chi connectivity index (χ4v) is 4.58. The predicted octanol–water partition coefficient (Wildman–Crippen LogP) is 2.73. The number of anilines is 3. The lowest BCUT2D eigenvalue weighted by molar-refractivity contribution is -0.141. The number of fused-ring (bicyclic) bond motifs is 4. The summed E-state index contributed by atoms with van der Waals surface area (Å²) in [6.45, 7) is 5.98. The molecule has 0 aliphatic carbocycles. The third-order valence-electron chi connectivity index (χ3n) is 6.09. The zero-order valence-corrected chi connectivity index (χ0v) is 19.1. The zero-order chi connectivity index (χ0) is 23.9. The summed E-state index contributed by atoms with van der Waals surface area (Å²) >= 11 is 0. The number of hydrogen-bond donors (Lipinski definition) is 2. The van der Waals surface area contributed by atoms with Crippen LogP contribution in [-0.4, -0.2) is 71.3 Å². The molecule has 2 atom stereocenters. The van der Waals surface area contributed by atoms with Gasteiger partial charge >= 0.3 is 12.0 Å². The van der Waals surface area contributed by atoms with E-state index in [2.05, 4.69) is 20.2 Å². The predicted molar refractivity (Wildman–Crippen MR) is 123 cm³/mol. The molecule has 0 radical (unpaired) electrons. The Labute approximate surface area is 196 Å². The van der Waals surface area contributed by atoms with E-state index in [1.165, 1.54) is 6.07 Å². The van der Waals surface area contributed by atoms with Crippen LogP contribution in [0.1, 0.15) is 37.2 Å².